The van der Waals surface area contributed by atoms with Crippen LogP contribution in [0.15, 0.2) is 48.5 Å². The maximum Gasteiger partial charge on any atom is 0.287 e. The summed E-state index contributed by atoms with van der Waals surface area (Å²) in [6.45, 7) is 0. The van der Waals surface area contributed by atoms with Gasteiger partial charge in [0, 0.05) is 6.07 Å². The van der Waals surface area contributed by atoms with Crippen molar-refractivity contribution in [2.45, 2.75) is 5.92 Å². The molecule has 0 N–H and O–H groups in total. The minimum atomic E-state index is -0.546. The highest BCUT2D eigenvalue weighted by Crippen LogP contribution is 2.31. The van der Waals surface area contributed by atoms with Crippen LogP contribution in [0.25, 0.3) is 0 Å². The predicted molar refractivity (Wildman–Crippen MR) is 72.0 cm³/mol. The van der Waals surface area contributed by atoms with Crippen LogP contribution in [0, 0.1) is 21.4 Å². The normalized spacial score (nSPS) is 11.6. The third-order valence-corrected chi connectivity index (χ3v) is 3.07. The molecule has 0 aromatic heterocycles. The van der Waals surface area contributed by atoms with Crippen molar-refractivity contribution < 1.29 is 4.92 Å². The Morgan fingerprint density at radius 1 is 1.16 bits per heavy atom. The van der Waals surface area contributed by atoms with Crippen LogP contribution >= 0.6 is 11.6 Å². The maximum atomic E-state index is 10.7. The second-order valence-electron chi connectivity index (χ2n) is 3.94. The Morgan fingerprint density at radius 3 is 2.37 bits per heavy atom. The minimum Gasteiger partial charge on any atom is -0.258 e. The highest BCUT2D eigenvalue weighted by atomic mass is 35.5. The van der Waals surface area contributed by atoms with E-state index < -0.39 is 10.8 Å². The first-order valence-corrected chi connectivity index (χ1v) is 5.89. The number of nitrogens with zero attached hydrogens (tertiary/aromatic N) is 2. The molecular formula is C14H9ClN2O2. The molecule has 0 fully saturated rings. The van der Waals surface area contributed by atoms with E-state index in [4.69, 9.17) is 11.6 Å². The number of hydrogen-bond donors (Lipinski definition) is 0. The lowest BCUT2D eigenvalue weighted by molar-refractivity contribution is -0.384. The number of nitro groups is 1. The minimum absolute atomic E-state index is 0.0404. The van der Waals surface area contributed by atoms with Gasteiger partial charge in [0.15, 0.2) is 0 Å². The molecule has 1 atom stereocenters. The molecule has 0 amide bonds. The van der Waals surface area contributed by atoms with Crippen molar-refractivity contribution in [1.82, 2.24) is 0 Å². The molecule has 19 heavy (non-hydrogen) atoms. The summed E-state index contributed by atoms with van der Waals surface area (Å²) >= 11 is 5.86. The SMILES string of the molecule is N#CC(c1ccccc1)c1ccc([N+](=O)[O-])c(Cl)c1. The fraction of sp³-hybridized carbons (Fsp3) is 0.0714. The Bertz CT molecular complexity index is 650. The van der Waals surface area contributed by atoms with Crippen molar-refractivity contribution in [1.29, 1.82) is 5.26 Å². The standard InChI is InChI=1S/C14H9ClN2O2/c15-13-8-11(6-7-14(13)17(18)19)12(9-16)10-4-2-1-3-5-10/h1-8,12H. The summed E-state index contributed by atoms with van der Waals surface area (Å²) < 4.78 is 0. The van der Waals surface area contributed by atoms with Gasteiger partial charge in [-0.25, -0.2) is 0 Å². The zero-order chi connectivity index (χ0) is 13.8. The smallest absolute Gasteiger partial charge is 0.258 e. The van der Waals surface area contributed by atoms with Gasteiger partial charge in [0.1, 0.15) is 5.02 Å². The molecule has 0 bridgehead atoms. The van der Waals surface area contributed by atoms with Gasteiger partial charge in [-0.2, -0.15) is 5.26 Å². The fourth-order valence-corrected chi connectivity index (χ4v) is 2.10. The predicted octanol–water partition coefficient (Wildman–Crippen LogP) is 3.90. The molecule has 2 aromatic rings. The Hall–Kier alpha value is -2.38. The van der Waals surface area contributed by atoms with Gasteiger partial charge in [-0.15, -0.1) is 0 Å². The summed E-state index contributed by atoms with van der Waals surface area (Å²) in [4.78, 5) is 10.2. The lowest BCUT2D eigenvalue weighted by Gasteiger charge is -2.10. The maximum absolute atomic E-state index is 10.7. The number of benzene rings is 2. The van der Waals surface area contributed by atoms with E-state index >= 15 is 0 Å². The van der Waals surface area contributed by atoms with Gasteiger partial charge in [0.2, 0.25) is 0 Å². The van der Waals surface area contributed by atoms with Crippen LogP contribution in [0.3, 0.4) is 0 Å². The lowest BCUT2D eigenvalue weighted by Crippen LogP contribution is -1.99. The first-order valence-electron chi connectivity index (χ1n) is 5.52. The van der Waals surface area contributed by atoms with Gasteiger partial charge in [-0.3, -0.25) is 10.1 Å². The van der Waals surface area contributed by atoms with E-state index in [0.717, 1.165) is 5.56 Å². The second-order valence-corrected chi connectivity index (χ2v) is 4.35. The molecule has 4 nitrogen and oxygen atoms in total. The van der Waals surface area contributed by atoms with Crippen molar-refractivity contribution >= 4 is 17.3 Å². The van der Waals surface area contributed by atoms with Crippen LogP contribution in [0.2, 0.25) is 5.02 Å². The largest absolute Gasteiger partial charge is 0.287 e. The third-order valence-electron chi connectivity index (χ3n) is 2.76. The molecule has 0 aliphatic heterocycles. The van der Waals surface area contributed by atoms with Crippen molar-refractivity contribution in [2.24, 2.45) is 0 Å². The van der Waals surface area contributed by atoms with Gasteiger partial charge in [0.05, 0.1) is 16.9 Å². The van der Waals surface area contributed by atoms with Crippen LogP contribution in [-0.4, -0.2) is 4.92 Å². The van der Waals surface area contributed by atoms with Crippen LogP contribution in [0.4, 0.5) is 5.69 Å². The van der Waals surface area contributed by atoms with Gasteiger partial charge in [-0.1, -0.05) is 48.0 Å². The van der Waals surface area contributed by atoms with E-state index in [1.54, 1.807) is 6.07 Å². The van der Waals surface area contributed by atoms with E-state index in [1.807, 2.05) is 30.3 Å². The zero-order valence-corrected chi connectivity index (χ0v) is 10.5. The summed E-state index contributed by atoms with van der Waals surface area (Å²) in [7, 11) is 0. The third kappa shape index (κ3) is 2.72. The molecule has 0 saturated heterocycles. The van der Waals surface area contributed by atoms with Crippen molar-refractivity contribution in [3.05, 3.63) is 74.8 Å². The Kier molecular flexibility index (Phi) is 3.79. The fourth-order valence-electron chi connectivity index (χ4n) is 1.84. The van der Waals surface area contributed by atoms with Crippen molar-refractivity contribution in [3.63, 3.8) is 0 Å². The van der Waals surface area contributed by atoms with Gasteiger partial charge in [-0.05, 0) is 17.2 Å². The topological polar surface area (TPSA) is 66.9 Å². The summed E-state index contributed by atoms with van der Waals surface area (Å²) in [6.07, 6.45) is 0. The highest BCUT2D eigenvalue weighted by molar-refractivity contribution is 6.32. The molecule has 0 aliphatic rings. The van der Waals surface area contributed by atoms with Gasteiger partial charge in [0.25, 0.3) is 5.69 Å². The molecular weight excluding hydrogens is 264 g/mol. The quantitative estimate of drug-likeness (QED) is 0.628. The van der Waals surface area contributed by atoms with Crippen LogP contribution in [0.1, 0.15) is 17.0 Å². The summed E-state index contributed by atoms with van der Waals surface area (Å²) in [5, 5.41) is 20.0. The second kappa shape index (κ2) is 5.51. The Labute approximate surface area is 115 Å². The first kappa shape index (κ1) is 13.1. The number of hydrogen-bond acceptors (Lipinski definition) is 3. The number of nitro benzene ring substituents is 1. The Morgan fingerprint density at radius 2 is 1.84 bits per heavy atom. The summed E-state index contributed by atoms with van der Waals surface area (Å²) in [5.41, 5.74) is 1.31. The van der Waals surface area contributed by atoms with Crippen LogP contribution in [-0.2, 0) is 0 Å². The molecule has 2 aromatic carbocycles. The molecule has 1 unspecified atom stereocenters. The lowest BCUT2D eigenvalue weighted by atomic mass is 9.92. The number of rotatable bonds is 3. The number of halogens is 1. The molecule has 0 saturated carbocycles. The van der Waals surface area contributed by atoms with E-state index in [2.05, 4.69) is 6.07 Å². The molecule has 5 heteroatoms. The molecule has 0 heterocycles. The Balaban J connectivity index is 2.44. The van der Waals surface area contributed by atoms with E-state index in [1.165, 1.54) is 12.1 Å². The molecule has 0 radical (unpaired) electrons. The average Bonchev–Trinajstić information content (AvgIpc) is 2.40. The van der Waals surface area contributed by atoms with E-state index in [0.29, 0.717) is 5.56 Å². The monoisotopic (exact) mass is 272 g/mol. The highest BCUT2D eigenvalue weighted by Gasteiger charge is 2.18. The summed E-state index contributed by atoms with van der Waals surface area (Å²) in [5.74, 6) is -0.487. The van der Waals surface area contributed by atoms with E-state index in [-0.39, 0.29) is 10.7 Å². The van der Waals surface area contributed by atoms with Crippen molar-refractivity contribution in [3.8, 4) is 6.07 Å². The molecule has 94 valence electrons. The summed E-state index contributed by atoms with van der Waals surface area (Å²) in [6, 6.07) is 15.8. The van der Waals surface area contributed by atoms with Crippen LogP contribution < -0.4 is 0 Å². The van der Waals surface area contributed by atoms with E-state index in [9.17, 15) is 15.4 Å². The van der Waals surface area contributed by atoms with Gasteiger partial charge < -0.3 is 0 Å². The van der Waals surface area contributed by atoms with Crippen LogP contribution in [0.5, 0.6) is 0 Å². The zero-order valence-electron chi connectivity index (χ0n) is 9.79. The number of nitriles is 1. The first-order chi connectivity index (χ1) is 9.13. The van der Waals surface area contributed by atoms with Crippen molar-refractivity contribution in [2.75, 3.05) is 0 Å². The molecule has 0 aliphatic carbocycles. The average molecular weight is 273 g/mol. The molecule has 2 rings (SSSR count). The van der Waals surface area contributed by atoms with Gasteiger partial charge >= 0.3 is 0 Å². The molecule has 0 spiro atoms.